The van der Waals surface area contributed by atoms with Crippen molar-refractivity contribution in [2.75, 3.05) is 19.7 Å². The Morgan fingerprint density at radius 1 is 1.53 bits per heavy atom. The van der Waals surface area contributed by atoms with Crippen LogP contribution in [0.2, 0.25) is 0 Å². The lowest BCUT2D eigenvalue weighted by molar-refractivity contribution is -0.131. The normalized spacial score (nSPS) is 25.1. The number of nitrogens with zero attached hydrogens (tertiary/aromatic N) is 1. The molecule has 0 bridgehead atoms. The summed E-state index contributed by atoms with van der Waals surface area (Å²) in [6, 6.07) is 0. The first-order chi connectivity index (χ1) is 7.02. The lowest BCUT2D eigenvalue weighted by atomic mass is 10.1. The summed E-state index contributed by atoms with van der Waals surface area (Å²) in [6.07, 6.45) is 1.09. The third kappa shape index (κ3) is 3.76. The summed E-state index contributed by atoms with van der Waals surface area (Å²) in [5, 5.41) is 0. The van der Waals surface area contributed by atoms with Gasteiger partial charge in [0.25, 0.3) is 0 Å². The van der Waals surface area contributed by atoms with E-state index in [9.17, 15) is 4.79 Å². The van der Waals surface area contributed by atoms with E-state index in [0.717, 1.165) is 19.6 Å². The van der Waals surface area contributed by atoms with Gasteiger partial charge in [0.15, 0.2) is 0 Å². The molecule has 1 aliphatic heterocycles. The molecule has 1 aliphatic rings. The van der Waals surface area contributed by atoms with E-state index in [4.69, 9.17) is 4.74 Å². The number of hydrogen-bond acceptors (Lipinski definition) is 2. The fraction of sp³-hybridized carbons (Fsp3) is 0.909. The van der Waals surface area contributed by atoms with Crippen molar-refractivity contribution < 1.29 is 9.53 Å². The predicted octanol–water partition coefficient (Wildman–Crippen LogP) is 2.04. The molecular weight excluding hydrogens is 258 g/mol. The fourth-order valence-corrected chi connectivity index (χ4v) is 1.94. The number of rotatable bonds is 2. The molecule has 0 aromatic carbocycles. The first-order valence-corrected chi connectivity index (χ1v) is 6.48. The van der Waals surface area contributed by atoms with Gasteiger partial charge in [0, 0.05) is 19.7 Å². The van der Waals surface area contributed by atoms with Crippen molar-refractivity contribution in [2.24, 2.45) is 5.92 Å². The van der Waals surface area contributed by atoms with E-state index in [1.165, 1.54) is 0 Å². The van der Waals surface area contributed by atoms with Crippen LogP contribution in [0, 0.1) is 5.92 Å². The van der Waals surface area contributed by atoms with Crippen LogP contribution < -0.4 is 0 Å². The first-order valence-electron chi connectivity index (χ1n) is 5.57. The highest BCUT2D eigenvalue weighted by Crippen LogP contribution is 2.17. The number of amides is 1. The molecule has 3 nitrogen and oxygen atoms in total. The zero-order valence-corrected chi connectivity index (χ0v) is 11.3. The highest BCUT2D eigenvalue weighted by atomic mass is 79.9. The molecule has 1 heterocycles. The summed E-state index contributed by atoms with van der Waals surface area (Å²) in [5.74, 6) is 0.527. The number of halogens is 1. The van der Waals surface area contributed by atoms with Crippen molar-refractivity contribution >= 4 is 21.8 Å². The average Bonchev–Trinajstić information content (AvgIpc) is 2.40. The quantitative estimate of drug-likeness (QED) is 0.723. The molecule has 1 saturated heterocycles. The molecule has 2 unspecified atom stereocenters. The van der Waals surface area contributed by atoms with Crippen molar-refractivity contribution in [1.29, 1.82) is 0 Å². The average molecular weight is 278 g/mol. The van der Waals surface area contributed by atoms with Crippen LogP contribution in [0.25, 0.3) is 0 Å². The van der Waals surface area contributed by atoms with E-state index in [2.05, 4.69) is 29.8 Å². The number of carbonyl (C=O) groups is 1. The zero-order chi connectivity index (χ0) is 11.4. The van der Waals surface area contributed by atoms with Crippen molar-refractivity contribution in [3.05, 3.63) is 0 Å². The Balaban J connectivity index is 2.57. The lowest BCUT2D eigenvalue weighted by Crippen LogP contribution is -2.41. The SMILES string of the molecule is CC1CN(C(=O)C(Br)C(C)C)CCCO1. The zero-order valence-electron chi connectivity index (χ0n) is 9.70. The second-order valence-electron chi connectivity index (χ2n) is 4.46. The van der Waals surface area contributed by atoms with Gasteiger partial charge in [-0.15, -0.1) is 0 Å². The van der Waals surface area contributed by atoms with Gasteiger partial charge in [0.1, 0.15) is 0 Å². The maximum absolute atomic E-state index is 12.1. The smallest absolute Gasteiger partial charge is 0.236 e. The van der Waals surface area contributed by atoms with Gasteiger partial charge in [-0.05, 0) is 19.3 Å². The van der Waals surface area contributed by atoms with Gasteiger partial charge < -0.3 is 9.64 Å². The molecule has 2 atom stereocenters. The molecule has 0 saturated carbocycles. The maximum Gasteiger partial charge on any atom is 0.236 e. The Kier molecular flexibility index (Phi) is 5.06. The van der Waals surface area contributed by atoms with Gasteiger partial charge in [0.2, 0.25) is 5.91 Å². The van der Waals surface area contributed by atoms with E-state index in [0.29, 0.717) is 12.5 Å². The summed E-state index contributed by atoms with van der Waals surface area (Å²) in [6.45, 7) is 8.42. The molecule has 0 spiro atoms. The number of hydrogen-bond donors (Lipinski definition) is 0. The van der Waals surface area contributed by atoms with E-state index < -0.39 is 0 Å². The molecule has 1 rings (SSSR count). The summed E-state index contributed by atoms with van der Waals surface area (Å²) in [5.41, 5.74) is 0. The Morgan fingerprint density at radius 3 is 2.80 bits per heavy atom. The predicted molar refractivity (Wildman–Crippen MR) is 64.2 cm³/mol. The van der Waals surface area contributed by atoms with Gasteiger partial charge in [-0.25, -0.2) is 0 Å². The van der Waals surface area contributed by atoms with E-state index in [1.54, 1.807) is 0 Å². The van der Waals surface area contributed by atoms with Gasteiger partial charge in [-0.2, -0.15) is 0 Å². The van der Waals surface area contributed by atoms with Gasteiger partial charge in [-0.1, -0.05) is 29.8 Å². The molecule has 1 amide bonds. The number of alkyl halides is 1. The number of ether oxygens (including phenoxy) is 1. The highest BCUT2D eigenvalue weighted by molar-refractivity contribution is 9.10. The third-order valence-corrected chi connectivity index (χ3v) is 4.03. The van der Waals surface area contributed by atoms with Gasteiger partial charge in [-0.3, -0.25) is 4.79 Å². The third-order valence-electron chi connectivity index (χ3n) is 2.59. The molecule has 15 heavy (non-hydrogen) atoms. The van der Waals surface area contributed by atoms with Crippen LogP contribution in [0.5, 0.6) is 0 Å². The maximum atomic E-state index is 12.1. The summed E-state index contributed by atoms with van der Waals surface area (Å²) < 4.78 is 5.51. The van der Waals surface area contributed by atoms with Crippen LogP contribution in [0.1, 0.15) is 27.2 Å². The molecule has 1 fully saturated rings. The van der Waals surface area contributed by atoms with E-state index in [1.807, 2.05) is 11.8 Å². The first kappa shape index (κ1) is 13.0. The summed E-state index contributed by atoms with van der Waals surface area (Å²) in [7, 11) is 0. The van der Waals surface area contributed by atoms with Crippen LogP contribution in [0.15, 0.2) is 0 Å². The second kappa shape index (κ2) is 5.85. The van der Waals surface area contributed by atoms with Crippen LogP contribution >= 0.6 is 15.9 Å². The van der Waals surface area contributed by atoms with E-state index >= 15 is 0 Å². The summed E-state index contributed by atoms with van der Waals surface area (Å²) in [4.78, 5) is 13.9. The monoisotopic (exact) mass is 277 g/mol. The molecule has 0 aromatic rings. The molecule has 0 aromatic heterocycles. The highest BCUT2D eigenvalue weighted by Gasteiger charge is 2.26. The van der Waals surface area contributed by atoms with E-state index in [-0.39, 0.29) is 16.8 Å². The summed E-state index contributed by atoms with van der Waals surface area (Å²) >= 11 is 3.46. The van der Waals surface area contributed by atoms with Crippen molar-refractivity contribution in [1.82, 2.24) is 4.90 Å². The Bertz CT molecular complexity index is 221. The van der Waals surface area contributed by atoms with Crippen LogP contribution in [0.4, 0.5) is 0 Å². The van der Waals surface area contributed by atoms with Crippen LogP contribution in [0.3, 0.4) is 0 Å². The largest absolute Gasteiger partial charge is 0.377 e. The minimum absolute atomic E-state index is 0.0669. The fourth-order valence-electron chi connectivity index (χ4n) is 1.65. The minimum atomic E-state index is -0.0669. The number of carbonyl (C=O) groups excluding carboxylic acids is 1. The molecule has 0 radical (unpaired) electrons. The van der Waals surface area contributed by atoms with Gasteiger partial charge in [0.05, 0.1) is 10.9 Å². The molecule has 88 valence electrons. The molecular formula is C11H20BrNO2. The van der Waals surface area contributed by atoms with Crippen molar-refractivity contribution in [3.63, 3.8) is 0 Å². The Hall–Kier alpha value is -0.0900. The standard InChI is InChI=1S/C11H20BrNO2/c1-8(2)10(12)11(14)13-5-4-6-15-9(3)7-13/h8-10H,4-7H2,1-3H3. The topological polar surface area (TPSA) is 29.5 Å². The van der Waals surface area contributed by atoms with Crippen LogP contribution in [-0.2, 0) is 9.53 Å². The van der Waals surface area contributed by atoms with Crippen molar-refractivity contribution in [2.45, 2.75) is 38.1 Å². The second-order valence-corrected chi connectivity index (χ2v) is 5.45. The lowest BCUT2D eigenvalue weighted by Gasteiger charge is -2.26. The Labute approximate surface area is 100 Å². The van der Waals surface area contributed by atoms with Crippen molar-refractivity contribution in [3.8, 4) is 0 Å². The van der Waals surface area contributed by atoms with Gasteiger partial charge >= 0.3 is 0 Å². The molecule has 4 heteroatoms. The van der Waals surface area contributed by atoms with Crippen LogP contribution in [-0.4, -0.2) is 41.4 Å². The Morgan fingerprint density at radius 2 is 2.20 bits per heavy atom. The minimum Gasteiger partial charge on any atom is -0.377 e. The molecule has 0 N–H and O–H groups in total. The molecule has 0 aliphatic carbocycles.